The first kappa shape index (κ1) is 15.5. The van der Waals surface area contributed by atoms with E-state index in [1.165, 1.54) is 30.4 Å². The number of nitrogens with one attached hydrogen (secondary N) is 1. The number of hydrogen-bond acceptors (Lipinski definition) is 2. The second-order valence-corrected chi connectivity index (χ2v) is 6.49. The summed E-state index contributed by atoms with van der Waals surface area (Å²) in [5.41, 5.74) is 2.81. The average molecular weight is 275 g/mol. The minimum absolute atomic E-state index is 0.485. The summed E-state index contributed by atoms with van der Waals surface area (Å²) in [7, 11) is 0. The maximum atomic E-state index is 5.82. The summed E-state index contributed by atoms with van der Waals surface area (Å²) in [5.74, 6) is 0.669. The van der Waals surface area contributed by atoms with Crippen molar-refractivity contribution < 1.29 is 4.74 Å². The molecule has 20 heavy (non-hydrogen) atoms. The van der Waals surface area contributed by atoms with E-state index in [0.29, 0.717) is 18.1 Å². The van der Waals surface area contributed by atoms with Gasteiger partial charge in [0, 0.05) is 12.6 Å². The number of hydrogen-bond donors (Lipinski definition) is 1. The molecule has 1 aliphatic rings. The fraction of sp³-hybridized carbons (Fsp3) is 0.667. The van der Waals surface area contributed by atoms with Gasteiger partial charge in [0.1, 0.15) is 0 Å². The molecule has 1 aromatic carbocycles. The Hall–Kier alpha value is -0.860. The number of ether oxygens (including phenoxy) is 1. The molecule has 2 rings (SSSR count). The summed E-state index contributed by atoms with van der Waals surface area (Å²) in [6.45, 7) is 8.65. The highest BCUT2D eigenvalue weighted by atomic mass is 16.5. The molecule has 0 radical (unpaired) electrons. The van der Waals surface area contributed by atoms with Crippen LogP contribution in [-0.4, -0.2) is 25.3 Å². The first-order valence-electron chi connectivity index (χ1n) is 8.04. The van der Waals surface area contributed by atoms with Crippen LogP contribution in [0.2, 0.25) is 0 Å². The van der Waals surface area contributed by atoms with E-state index in [0.717, 1.165) is 19.6 Å². The molecule has 112 valence electrons. The Balaban J connectivity index is 1.93. The van der Waals surface area contributed by atoms with Crippen molar-refractivity contribution in [1.29, 1.82) is 0 Å². The zero-order valence-electron chi connectivity index (χ0n) is 13.2. The fourth-order valence-electron chi connectivity index (χ4n) is 3.02. The highest BCUT2D eigenvalue weighted by Crippen LogP contribution is 2.22. The molecule has 1 aliphatic heterocycles. The Labute approximate surface area is 123 Å². The summed E-state index contributed by atoms with van der Waals surface area (Å²) in [4.78, 5) is 0. The number of aryl methyl sites for hydroxylation is 1. The van der Waals surface area contributed by atoms with Crippen LogP contribution < -0.4 is 5.32 Å². The zero-order chi connectivity index (χ0) is 14.4. The van der Waals surface area contributed by atoms with Crippen LogP contribution in [0.3, 0.4) is 0 Å². The maximum absolute atomic E-state index is 5.82. The van der Waals surface area contributed by atoms with Gasteiger partial charge >= 0.3 is 0 Å². The lowest BCUT2D eigenvalue weighted by Crippen LogP contribution is -2.31. The minimum atomic E-state index is 0.485. The van der Waals surface area contributed by atoms with Crippen LogP contribution in [0.4, 0.5) is 0 Å². The van der Waals surface area contributed by atoms with Gasteiger partial charge in [0.15, 0.2) is 0 Å². The number of benzene rings is 1. The Bertz CT molecular complexity index is 396. The van der Waals surface area contributed by atoms with Gasteiger partial charge in [-0.1, -0.05) is 43.7 Å². The second kappa shape index (κ2) is 7.80. The number of rotatable bonds is 7. The van der Waals surface area contributed by atoms with Crippen LogP contribution in [0.1, 0.15) is 44.2 Å². The topological polar surface area (TPSA) is 21.3 Å². The lowest BCUT2D eigenvalue weighted by Gasteiger charge is -2.22. The van der Waals surface area contributed by atoms with Gasteiger partial charge in [-0.3, -0.25) is 0 Å². The quantitative estimate of drug-likeness (QED) is 0.819. The van der Waals surface area contributed by atoms with E-state index in [1.54, 1.807) is 0 Å². The molecule has 0 spiro atoms. The van der Waals surface area contributed by atoms with Gasteiger partial charge in [-0.15, -0.1) is 0 Å². The molecule has 0 aromatic heterocycles. The van der Waals surface area contributed by atoms with Crippen LogP contribution in [-0.2, 0) is 11.2 Å². The zero-order valence-corrected chi connectivity index (χ0v) is 13.2. The molecule has 2 heteroatoms. The summed E-state index contributed by atoms with van der Waals surface area (Å²) >= 11 is 0. The molecule has 0 aliphatic carbocycles. The van der Waals surface area contributed by atoms with Gasteiger partial charge in [0.05, 0.1) is 6.10 Å². The molecule has 1 heterocycles. The highest BCUT2D eigenvalue weighted by molar-refractivity contribution is 5.22. The summed E-state index contributed by atoms with van der Waals surface area (Å²) in [6, 6.07) is 9.47. The van der Waals surface area contributed by atoms with Gasteiger partial charge in [-0.05, 0) is 50.6 Å². The standard InChI is InChI=1S/C18H29NO/c1-14(2)19-13-17(12-18-8-5-9-20-18)11-16-7-4-6-15(3)10-16/h4,6-7,10,14,17-19H,5,8-9,11-13H2,1-3H3. The first-order chi connectivity index (χ1) is 9.63. The Morgan fingerprint density at radius 1 is 1.35 bits per heavy atom. The van der Waals surface area contributed by atoms with Crippen molar-refractivity contribution in [2.75, 3.05) is 13.2 Å². The molecular formula is C18H29NO. The SMILES string of the molecule is Cc1cccc(CC(CNC(C)C)CC2CCCO2)c1. The van der Waals surface area contributed by atoms with Crippen LogP contribution in [0.15, 0.2) is 24.3 Å². The van der Waals surface area contributed by atoms with Gasteiger partial charge in [-0.2, -0.15) is 0 Å². The third-order valence-electron chi connectivity index (χ3n) is 4.04. The van der Waals surface area contributed by atoms with Crippen molar-refractivity contribution >= 4 is 0 Å². The molecule has 1 aromatic rings. The van der Waals surface area contributed by atoms with Gasteiger partial charge < -0.3 is 10.1 Å². The highest BCUT2D eigenvalue weighted by Gasteiger charge is 2.21. The van der Waals surface area contributed by atoms with Crippen molar-refractivity contribution in [3.63, 3.8) is 0 Å². The van der Waals surface area contributed by atoms with E-state index in [4.69, 9.17) is 4.74 Å². The molecule has 1 fully saturated rings. The first-order valence-corrected chi connectivity index (χ1v) is 8.04. The van der Waals surface area contributed by atoms with E-state index >= 15 is 0 Å². The van der Waals surface area contributed by atoms with Crippen molar-refractivity contribution in [2.24, 2.45) is 5.92 Å². The van der Waals surface area contributed by atoms with Crippen molar-refractivity contribution in [1.82, 2.24) is 5.32 Å². The molecular weight excluding hydrogens is 246 g/mol. The summed E-state index contributed by atoms with van der Waals surface area (Å²) in [5, 5.41) is 3.60. The molecule has 0 amide bonds. The molecule has 0 bridgehead atoms. The van der Waals surface area contributed by atoms with Crippen LogP contribution >= 0.6 is 0 Å². The molecule has 2 nitrogen and oxygen atoms in total. The van der Waals surface area contributed by atoms with Gasteiger partial charge in [-0.25, -0.2) is 0 Å². The van der Waals surface area contributed by atoms with E-state index in [2.05, 4.69) is 50.4 Å². The molecule has 1 N–H and O–H groups in total. The molecule has 1 saturated heterocycles. The van der Waals surface area contributed by atoms with Crippen molar-refractivity contribution in [3.05, 3.63) is 35.4 Å². The largest absolute Gasteiger partial charge is 0.378 e. The van der Waals surface area contributed by atoms with E-state index < -0.39 is 0 Å². The second-order valence-electron chi connectivity index (χ2n) is 6.49. The lowest BCUT2D eigenvalue weighted by molar-refractivity contribution is 0.0889. The van der Waals surface area contributed by atoms with Gasteiger partial charge in [0.2, 0.25) is 0 Å². The van der Waals surface area contributed by atoms with E-state index in [1.807, 2.05) is 0 Å². The maximum Gasteiger partial charge on any atom is 0.0579 e. The summed E-state index contributed by atoms with van der Waals surface area (Å²) < 4.78 is 5.82. The Morgan fingerprint density at radius 2 is 2.20 bits per heavy atom. The third-order valence-corrected chi connectivity index (χ3v) is 4.04. The van der Waals surface area contributed by atoms with Crippen LogP contribution in [0, 0.1) is 12.8 Å². The smallest absolute Gasteiger partial charge is 0.0579 e. The predicted octanol–water partition coefficient (Wildman–Crippen LogP) is 3.72. The Kier molecular flexibility index (Phi) is 6.06. The van der Waals surface area contributed by atoms with E-state index in [-0.39, 0.29) is 0 Å². The van der Waals surface area contributed by atoms with Crippen molar-refractivity contribution in [3.8, 4) is 0 Å². The van der Waals surface area contributed by atoms with Crippen LogP contribution in [0.25, 0.3) is 0 Å². The molecule has 0 saturated carbocycles. The van der Waals surface area contributed by atoms with Crippen molar-refractivity contribution in [2.45, 2.75) is 58.6 Å². The minimum Gasteiger partial charge on any atom is -0.378 e. The average Bonchev–Trinajstić information content (AvgIpc) is 2.89. The monoisotopic (exact) mass is 275 g/mol. The normalized spacial score (nSPS) is 20.5. The van der Waals surface area contributed by atoms with Gasteiger partial charge in [0.25, 0.3) is 0 Å². The van der Waals surface area contributed by atoms with Crippen LogP contribution in [0.5, 0.6) is 0 Å². The fourth-order valence-corrected chi connectivity index (χ4v) is 3.02. The summed E-state index contributed by atoms with van der Waals surface area (Å²) in [6.07, 6.45) is 5.30. The predicted molar refractivity (Wildman–Crippen MR) is 85.1 cm³/mol. The molecule has 2 unspecified atom stereocenters. The van der Waals surface area contributed by atoms with E-state index in [9.17, 15) is 0 Å². The Morgan fingerprint density at radius 3 is 2.85 bits per heavy atom. The molecule has 2 atom stereocenters. The lowest BCUT2D eigenvalue weighted by atomic mass is 9.92. The third kappa shape index (κ3) is 5.26.